The Hall–Kier alpha value is -1.81. The van der Waals surface area contributed by atoms with Gasteiger partial charge in [-0.05, 0) is 17.5 Å². The Kier molecular flexibility index (Phi) is 3.25. The topological polar surface area (TPSA) is 25.8 Å². The van der Waals surface area contributed by atoms with Crippen LogP contribution in [0.5, 0.6) is 0 Å². The first-order chi connectivity index (χ1) is 9.29. The van der Waals surface area contributed by atoms with E-state index in [4.69, 9.17) is 0 Å². The van der Waals surface area contributed by atoms with Crippen LogP contribution < -0.4 is 0 Å². The monoisotopic (exact) mass is 316 g/mol. The summed E-state index contributed by atoms with van der Waals surface area (Å²) in [6, 6.07) is 11.1. The molecule has 4 heteroatoms. The van der Waals surface area contributed by atoms with Gasteiger partial charge in [-0.2, -0.15) is 4.39 Å². The van der Waals surface area contributed by atoms with Crippen LogP contribution in [0.15, 0.2) is 48.8 Å². The zero-order valence-corrected chi connectivity index (χ0v) is 11.6. The Morgan fingerprint density at radius 1 is 1.00 bits per heavy atom. The fourth-order valence-electron chi connectivity index (χ4n) is 2.15. The van der Waals surface area contributed by atoms with Crippen molar-refractivity contribution in [3.63, 3.8) is 0 Å². The maximum atomic E-state index is 13.0. The van der Waals surface area contributed by atoms with E-state index in [0.717, 1.165) is 27.6 Å². The van der Waals surface area contributed by atoms with Crippen LogP contribution in [0.4, 0.5) is 4.39 Å². The van der Waals surface area contributed by atoms with E-state index in [1.807, 2.05) is 30.5 Å². The zero-order chi connectivity index (χ0) is 13.2. The molecule has 0 aliphatic rings. The summed E-state index contributed by atoms with van der Waals surface area (Å²) in [7, 11) is 0. The van der Waals surface area contributed by atoms with Crippen LogP contribution in [0.2, 0.25) is 0 Å². The van der Waals surface area contributed by atoms with Crippen LogP contribution in [0.25, 0.3) is 21.9 Å². The minimum Gasteiger partial charge on any atom is -0.259 e. The second-order valence-electron chi connectivity index (χ2n) is 4.17. The molecule has 0 aliphatic heterocycles. The number of halogens is 2. The first-order valence-electron chi connectivity index (χ1n) is 5.84. The number of nitrogens with zero attached hydrogens (tertiary/aromatic N) is 2. The number of hydrogen-bond acceptors (Lipinski definition) is 2. The van der Waals surface area contributed by atoms with Crippen LogP contribution >= 0.6 is 15.9 Å². The summed E-state index contributed by atoms with van der Waals surface area (Å²) in [6.45, 7) is 0. The van der Waals surface area contributed by atoms with E-state index in [0.29, 0.717) is 5.33 Å². The molecule has 1 aromatic carbocycles. The van der Waals surface area contributed by atoms with Crippen molar-refractivity contribution in [1.82, 2.24) is 9.97 Å². The number of aromatic nitrogens is 2. The lowest BCUT2D eigenvalue weighted by Gasteiger charge is -2.10. The van der Waals surface area contributed by atoms with Crippen molar-refractivity contribution in [2.45, 2.75) is 5.33 Å². The Morgan fingerprint density at radius 2 is 1.84 bits per heavy atom. The van der Waals surface area contributed by atoms with Crippen molar-refractivity contribution in [3.05, 3.63) is 60.4 Å². The lowest BCUT2D eigenvalue weighted by Crippen LogP contribution is -1.94. The van der Waals surface area contributed by atoms with Gasteiger partial charge in [0.05, 0.1) is 5.69 Å². The summed E-state index contributed by atoms with van der Waals surface area (Å²) >= 11 is 3.45. The van der Waals surface area contributed by atoms with Crippen LogP contribution in [0, 0.1) is 5.95 Å². The predicted octanol–water partition coefficient (Wildman–Crippen LogP) is 4.33. The van der Waals surface area contributed by atoms with Gasteiger partial charge in [0.1, 0.15) is 0 Å². The largest absolute Gasteiger partial charge is 0.259 e. The SMILES string of the molecule is Fc1ccc(-c2c(CBr)ncc3ccccc23)cn1. The summed E-state index contributed by atoms with van der Waals surface area (Å²) in [6.07, 6.45) is 3.40. The average molecular weight is 317 g/mol. The van der Waals surface area contributed by atoms with Crippen LogP contribution in [-0.2, 0) is 5.33 Å². The molecule has 3 rings (SSSR count). The molecule has 3 aromatic rings. The van der Waals surface area contributed by atoms with Gasteiger partial charge in [-0.25, -0.2) is 4.98 Å². The van der Waals surface area contributed by atoms with Gasteiger partial charge in [0.15, 0.2) is 0 Å². The minimum atomic E-state index is -0.475. The molecule has 0 spiro atoms. The average Bonchev–Trinajstić information content (AvgIpc) is 2.47. The van der Waals surface area contributed by atoms with Gasteiger partial charge in [-0.1, -0.05) is 40.2 Å². The second-order valence-corrected chi connectivity index (χ2v) is 4.73. The van der Waals surface area contributed by atoms with Crippen molar-refractivity contribution in [1.29, 1.82) is 0 Å². The third-order valence-electron chi connectivity index (χ3n) is 3.02. The summed E-state index contributed by atoms with van der Waals surface area (Å²) in [5.41, 5.74) is 2.80. The number of rotatable bonds is 2. The van der Waals surface area contributed by atoms with Gasteiger partial charge in [-0.3, -0.25) is 4.98 Å². The maximum Gasteiger partial charge on any atom is 0.212 e. The third kappa shape index (κ3) is 2.24. The highest BCUT2D eigenvalue weighted by Gasteiger charge is 2.11. The van der Waals surface area contributed by atoms with Gasteiger partial charge in [0.25, 0.3) is 0 Å². The first-order valence-corrected chi connectivity index (χ1v) is 6.96. The number of hydrogen-bond donors (Lipinski definition) is 0. The molecule has 2 aromatic heterocycles. The Balaban J connectivity index is 2.33. The van der Waals surface area contributed by atoms with E-state index < -0.39 is 5.95 Å². The van der Waals surface area contributed by atoms with Gasteiger partial charge >= 0.3 is 0 Å². The normalized spacial score (nSPS) is 10.8. The second kappa shape index (κ2) is 5.05. The van der Waals surface area contributed by atoms with Crippen molar-refractivity contribution in [3.8, 4) is 11.1 Å². The molecule has 0 unspecified atom stereocenters. The summed E-state index contributed by atoms with van der Waals surface area (Å²) in [5.74, 6) is -0.475. The summed E-state index contributed by atoms with van der Waals surface area (Å²) in [4.78, 5) is 8.18. The number of fused-ring (bicyclic) bond motifs is 1. The number of alkyl halides is 1. The fourth-order valence-corrected chi connectivity index (χ4v) is 2.58. The lowest BCUT2D eigenvalue weighted by molar-refractivity contribution is 0.584. The van der Waals surface area contributed by atoms with E-state index in [9.17, 15) is 4.39 Å². The smallest absolute Gasteiger partial charge is 0.212 e. The number of pyridine rings is 2. The molecule has 0 saturated heterocycles. The van der Waals surface area contributed by atoms with Crippen molar-refractivity contribution in [2.75, 3.05) is 0 Å². The molecule has 2 nitrogen and oxygen atoms in total. The van der Waals surface area contributed by atoms with Crippen molar-refractivity contribution < 1.29 is 4.39 Å². The quantitative estimate of drug-likeness (QED) is 0.519. The van der Waals surface area contributed by atoms with Gasteiger partial charge in [0.2, 0.25) is 5.95 Å². The highest BCUT2D eigenvalue weighted by atomic mass is 79.9. The molecule has 0 bridgehead atoms. The van der Waals surface area contributed by atoms with Gasteiger partial charge in [-0.15, -0.1) is 0 Å². The standard InChI is InChI=1S/C15H10BrFN2/c16-7-13-15(11-5-6-14(17)19-9-11)12-4-2-1-3-10(12)8-18-13/h1-6,8-9H,7H2. The summed E-state index contributed by atoms with van der Waals surface area (Å²) < 4.78 is 13.0. The fraction of sp³-hybridized carbons (Fsp3) is 0.0667. The van der Waals surface area contributed by atoms with Crippen molar-refractivity contribution >= 4 is 26.7 Å². The molecule has 0 radical (unpaired) electrons. The molecule has 2 heterocycles. The maximum absolute atomic E-state index is 13.0. The first kappa shape index (κ1) is 12.2. The minimum absolute atomic E-state index is 0.475. The molecule has 0 aliphatic carbocycles. The van der Waals surface area contributed by atoms with E-state index in [1.54, 1.807) is 12.3 Å². The molecule has 0 fully saturated rings. The summed E-state index contributed by atoms with van der Waals surface area (Å²) in [5, 5.41) is 2.80. The molecular formula is C15H10BrFN2. The highest BCUT2D eigenvalue weighted by molar-refractivity contribution is 9.08. The van der Waals surface area contributed by atoms with E-state index >= 15 is 0 Å². The third-order valence-corrected chi connectivity index (χ3v) is 3.55. The number of benzene rings is 1. The van der Waals surface area contributed by atoms with Gasteiger partial charge in [0, 0.05) is 34.2 Å². The molecule has 0 N–H and O–H groups in total. The van der Waals surface area contributed by atoms with Crippen LogP contribution in [0.1, 0.15) is 5.69 Å². The molecular weight excluding hydrogens is 307 g/mol. The molecule has 0 atom stereocenters. The van der Waals surface area contributed by atoms with E-state index in [2.05, 4.69) is 25.9 Å². The highest BCUT2D eigenvalue weighted by Crippen LogP contribution is 2.31. The Labute approximate surface area is 118 Å². The lowest BCUT2D eigenvalue weighted by atomic mass is 9.99. The van der Waals surface area contributed by atoms with Crippen LogP contribution in [0.3, 0.4) is 0 Å². The van der Waals surface area contributed by atoms with Crippen LogP contribution in [-0.4, -0.2) is 9.97 Å². The zero-order valence-electron chi connectivity index (χ0n) is 9.98. The Morgan fingerprint density at radius 3 is 2.58 bits per heavy atom. The van der Waals surface area contributed by atoms with E-state index in [-0.39, 0.29) is 0 Å². The predicted molar refractivity (Wildman–Crippen MR) is 77.6 cm³/mol. The molecule has 94 valence electrons. The van der Waals surface area contributed by atoms with Crippen molar-refractivity contribution in [2.24, 2.45) is 0 Å². The molecule has 0 saturated carbocycles. The van der Waals surface area contributed by atoms with Gasteiger partial charge < -0.3 is 0 Å². The molecule has 19 heavy (non-hydrogen) atoms. The van der Waals surface area contributed by atoms with E-state index in [1.165, 1.54) is 6.07 Å². The molecule has 0 amide bonds. The Bertz CT molecular complexity index is 726.